The summed E-state index contributed by atoms with van der Waals surface area (Å²) in [6.45, 7) is 8.09. The van der Waals surface area contributed by atoms with Crippen LogP contribution in [0.4, 0.5) is 0 Å². The normalized spacial score (nSPS) is 20.4. The number of rotatable bonds is 2. The number of aromatic nitrogens is 3. The smallest absolute Gasteiger partial charge is 0.255 e. The third kappa shape index (κ3) is 2.59. The minimum atomic E-state index is 0.0995. The fourth-order valence-corrected chi connectivity index (χ4v) is 4.02. The van der Waals surface area contributed by atoms with Crippen LogP contribution in [0.1, 0.15) is 49.5 Å². The fourth-order valence-electron chi connectivity index (χ4n) is 4.02. The molecule has 1 N–H and O–H groups in total. The summed E-state index contributed by atoms with van der Waals surface area (Å²) in [6, 6.07) is 2.19. The summed E-state index contributed by atoms with van der Waals surface area (Å²) in [5.41, 5.74) is 1.94. The van der Waals surface area contributed by atoms with Crippen molar-refractivity contribution in [1.82, 2.24) is 25.0 Å². The molecule has 2 aromatic rings. The predicted molar refractivity (Wildman–Crippen MR) is 93.0 cm³/mol. The molecule has 0 bridgehead atoms. The lowest BCUT2D eigenvalue weighted by Gasteiger charge is -2.38. The number of hydrogen-bond acceptors (Lipinski definition) is 4. The maximum absolute atomic E-state index is 12.8. The monoisotopic (exact) mass is 327 g/mol. The Morgan fingerprint density at radius 1 is 1.25 bits per heavy atom. The lowest BCUT2D eigenvalue weighted by Crippen LogP contribution is -2.44. The molecule has 0 radical (unpaired) electrons. The average Bonchev–Trinajstić information content (AvgIpc) is 3.21. The van der Waals surface area contributed by atoms with E-state index in [1.54, 1.807) is 12.4 Å². The van der Waals surface area contributed by atoms with Crippen molar-refractivity contribution in [2.45, 2.75) is 39.2 Å². The maximum atomic E-state index is 12.8. The van der Waals surface area contributed by atoms with Crippen LogP contribution in [-0.2, 0) is 0 Å². The highest BCUT2D eigenvalue weighted by atomic mass is 16.2. The second-order valence-corrected chi connectivity index (χ2v) is 7.54. The maximum Gasteiger partial charge on any atom is 0.255 e. The molecule has 0 saturated carbocycles. The van der Waals surface area contributed by atoms with E-state index in [0.717, 1.165) is 50.1 Å². The van der Waals surface area contributed by atoms with E-state index in [0.29, 0.717) is 11.0 Å². The van der Waals surface area contributed by atoms with Gasteiger partial charge in [-0.2, -0.15) is 5.10 Å². The van der Waals surface area contributed by atoms with Crippen LogP contribution in [0.5, 0.6) is 0 Å². The highest BCUT2D eigenvalue weighted by Gasteiger charge is 2.38. The molecule has 128 valence electrons. The number of carbonyl (C=O) groups excluding carboxylic acids is 1. The zero-order valence-electron chi connectivity index (χ0n) is 14.5. The number of fused-ring (bicyclic) bond motifs is 1. The van der Waals surface area contributed by atoms with Gasteiger partial charge in [0.15, 0.2) is 5.65 Å². The first kappa shape index (κ1) is 15.6. The van der Waals surface area contributed by atoms with E-state index in [1.807, 2.05) is 15.6 Å². The van der Waals surface area contributed by atoms with Crippen molar-refractivity contribution in [3.63, 3.8) is 0 Å². The van der Waals surface area contributed by atoms with E-state index < -0.39 is 0 Å². The van der Waals surface area contributed by atoms with Crippen molar-refractivity contribution < 1.29 is 4.79 Å². The van der Waals surface area contributed by atoms with Crippen LogP contribution in [0.2, 0.25) is 0 Å². The number of carbonyl (C=O) groups is 1. The number of piperidine rings is 1. The standard InChI is InChI=1S/C18H25N5O/c1-13(2)23-16-14(11-21-23)9-15(10-20-16)17(24)22-7-4-18(5-8-22)3-6-19-12-18/h9-11,13,19H,3-8,12H2,1-2H3. The molecule has 6 heteroatoms. The Hall–Kier alpha value is -1.95. The molecule has 2 fully saturated rings. The van der Waals surface area contributed by atoms with Gasteiger partial charge < -0.3 is 10.2 Å². The largest absolute Gasteiger partial charge is 0.339 e. The zero-order valence-corrected chi connectivity index (χ0v) is 14.5. The topological polar surface area (TPSA) is 63.1 Å². The number of nitrogens with zero attached hydrogens (tertiary/aromatic N) is 4. The Bertz CT molecular complexity index is 750. The molecule has 6 nitrogen and oxygen atoms in total. The third-order valence-corrected chi connectivity index (χ3v) is 5.61. The van der Waals surface area contributed by atoms with Crippen LogP contribution in [0.25, 0.3) is 11.0 Å². The van der Waals surface area contributed by atoms with E-state index in [9.17, 15) is 4.79 Å². The highest BCUT2D eigenvalue weighted by molar-refractivity contribution is 5.96. The minimum absolute atomic E-state index is 0.0995. The molecular formula is C18H25N5O. The van der Waals surface area contributed by atoms with Crippen LogP contribution in [0.3, 0.4) is 0 Å². The summed E-state index contributed by atoms with van der Waals surface area (Å²) >= 11 is 0. The van der Waals surface area contributed by atoms with E-state index in [2.05, 4.69) is 29.2 Å². The molecule has 0 unspecified atom stereocenters. The van der Waals surface area contributed by atoms with Gasteiger partial charge in [-0.25, -0.2) is 9.67 Å². The minimum Gasteiger partial charge on any atom is -0.339 e. The van der Waals surface area contributed by atoms with Crippen molar-refractivity contribution in [1.29, 1.82) is 0 Å². The second-order valence-electron chi connectivity index (χ2n) is 7.54. The lowest BCUT2D eigenvalue weighted by molar-refractivity contribution is 0.0607. The summed E-state index contributed by atoms with van der Waals surface area (Å²) in [5.74, 6) is 0.0995. The molecule has 24 heavy (non-hydrogen) atoms. The lowest BCUT2D eigenvalue weighted by atomic mass is 9.78. The molecule has 4 rings (SSSR count). The van der Waals surface area contributed by atoms with Crippen molar-refractivity contribution in [3.8, 4) is 0 Å². The molecule has 1 spiro atoms. The summed E-state index contributed by atoms with van der Waals surface area (Å²) < 4.78 is 1.89. The third-order valence-electron chi connectivity index (χ3n) is 5.61. The van der Waals surface area contributed by atoms with Gasteiger partial charge >= 0.3 is 0 Å². The first-order chi connectivity index (χ1) is 11.6. The molecule has 2 aliphatic heterocycles. The highest BCUT2D eigenvalue weighted by Crippen LogP contribution is 2.37. The average molecular weight is 327 g/mol. The quantitative estimate of drug-likeness (QED) is 0.919. The van der Waals surface area contributed by atoms with Gasteiger partial charge in [-0.05, 0) is 51.1 Å². The van der Waals surface area contributed by atoms with Gasteiger partial charge in [-0.3, -0.25) is 4.79 Å². The first-order valence-electron chi connectivity index (χ1n) is 8.91. The molecule has 0 atom stereocenters. The SMILES string of the molecule is CC(C)n1ncc2cc(C(=O)N3CCC4(CCNC4)CC3)cnc21. The molecular weight excluding hydrogens is 302 g/mol. The molecule has 4 heterocycles. The van der Waals surface area contributed by atoms with E-state index in [1.165, 1.54) is 6.42 Å². The van der Waals surface area contributed by atoms with E-state index >= 15 is 0 Å². The Morgan fingerprint density at radius 2 is 2.04 bits per heavy atom. The van der Waals surface area contributed by atoms with Gasteiger partial charge in [0.25, 0.3) is 5.91 Å². The van der Waals surface area contributed by atoms with Crippen molar-refractivity contribution >= 4 is 16.9 Å². The Morgan fingerprint density at radius 3 is 2.71 bits per heavy atom. The van der Waals surface area contributed by atoms with E-state index in [-0.39, 0.29) is 11.9 Å². The Kier molecular flexibility index (Phi) is 3.79. The molecule has 2 aromatic heterocycles. The second kappa shape index (κ2) is 5.84. The van der Waals surface area contributed by atoms with Crippen molar-refractivity contribution in [3.05, 3.63) is 24.0 Å². The zero-order chi connectivity index (χ0) is 16.7. The molecule has 0 aliphatic carbocycles. The van der Waals surface area contributed by atoms with Gasteiger partial charge in [0.05, 0.1) is 11.8 Å². The van der Waals surface area contributed by atoms with Gasteiger partial charge in [0.2, 0.25) is 0 Å². The summed E-state index contributed by atoms with van der Waals surface area (Å²) in [6.07, 6.45) is 6.96. The van der Waals surface area contributed by atoms with Crippen LogP contribution < -0.4 is 5.32 Å². The van der Waals surface area contributed by atoms with Gasteiger partial charge in [-0.1, -0.05) is 0 Å². The van der Waals surface area contributed by atoms with Gasteiger partial charge in [0, 0.05) is 37.3 Å². The first-order valence-corrected chi connectivity index (χ1v) is 8.91. The molecule has 2 aliphatic rings. The van der Waals surface area contributed by atoms with Crippen LogP contribution in [-0.4, -0.2) is 51.8 Å². The Balaban J connectivity index is 1.51. The van der Waals surface area contributed by atoms with Crippen molar-refractivity contribution in [2.75, 3.05) is 26.2 Å². The number of hydrogen-bond donors (Lipinski definition) is 1. The summed E-state index contributed by atoms with van der Waals surface area (Å²) in [7, 11) is 0. The van der Waals surface area contributed by atoms with Crippen LogP contribution >= 0.6 is 0 Å². The van der Waals surface area contributed by atoms with Gasteiger partial charge in [0.1, 0.15) is 0 Å². The molecule has 0 aromatic carbocycles. The number of pyridine rings is 1. The molecule has 1 amide bonds. The van der Waals surface area contributed by atoms with E-state index in [4.69, 9.17) is 0 Å². The van der Waals surface area contributed by atoms with Gasteiger partial charge in [-0.15, -0.1) is 0 Å². The number of nitrogens with one attached hydrogen (secondary N) is 1. The fraction of sp³-hybridized carbons (Fsp3) is 0.611. The van der Waals surface area contributed by atoms with Crippen LogP contribution in [0.15, 0.2) is 18.5 Å². The molecule has 2 saturated heterocycles. The van der Waals surface area contributed by atoms with Crippen molar-refractivity contribution in [2.24, 2.45) is 5.41 Å². The summed E-state index contributed by atoms with van der Waals surface area (Å²) in [4.78, 5) is 19.3. The predicted octanol–water partition coefficient (Wildman–Crippen LogP) is 2.23. The number of likely N-dealkylation sites (tertiary alicyclic amines) is 1. The Labute approximate surface area is 142 Å². The number of amides is 1. The summed E-state index contributed by atoms with van der Waals surface area (Å²) in [5, 5.41) is 8.78. The van der Waals surface area contributed by atoms with Crippen LogP contribution in [0, 0.1) is 5.41 Å².